The molecule has 0 fully saturated rings. The molecule has 7 nitrogen and oxygen atoms in total. The van der Waals surface area contributed by atoms with E-state index in [1.165, 1.54) is 7.11 Å². The van der Waals surface area contributed by atoms with Crippen LogP contribution < -0.4 is 10.1 Å². The lowest BCUT2D eigenvalue weighted by molar-refractivity contribution is -0.385. The molecule has 0 aliphatic rings. The largest absolute Gasteiger partial charge is 0.476 e. The van der Waals surface area contributed by atoms with Gasteiger partial charge in [-0.1, -0.05) is 13.8 Å². The molecule has 17 heavy (non-hydrogen) atoms. The van der Waals surface area contributed by atoms with Gasteiger partial charge in [0.25, 0.3) is 5.88 Å². The third-order valence-corrected chi connectivity index (χ3v) is 2.02. The summed E-state index contributed by atoms with van der Waals surface area (Å²) in [7, 11) is 1.35. The first-order valence-electron chi connectivity index (χ1n) is 5.26. The first-order valence-corrected chi connectivity index (χ1v) is 5.26. The fourth-order valence-electron chi connectivity index (χ4n) is 1.27. The highest BCUT2D eigenvalue weighted by molar-refractivity contribution is 5.61. The summed E-state index contributed by atoms with van der Waals surface area (Å²) in [6, 6.07) is 0. The standard InChI is InChI=1S/C10H16N4O3/c1-6(2)5-11-9-8(14(15)16)10(17-4)13-7(3)12-9/h6H,5H2,1-4H3,(H,11,12,13). The zero-order valence-electron chi connectivity index (χ0n) is 10.4. The summed E-state index contributed by atoms with van der Waals surface area (Å²) >= 11 is 0. The van der Waals surface area contributed by atoms with Gasteiger partial charge in [0.1, 0.15) is 5.82 Å². The Kier molecular flexibility index (Phi) is 4.19. The van der Waals surface area contributed by atoms with Crippen molar-refractivity contribution in [2.45, 2.75) is 20.8 Å². The fraction of sp³-hybridized carbons (Fsp3) is 0.600. The van der Waals surface area contributed by atoms with E-state index in [4.69, 9.17) is 4.74 Å². The first kappa shape index (κ1) is 13.1. The maximum atomic E-state index is 11.0. The van der Waals surface area contributed by atoms with Gasteiger partial charge in [0.05, 0.1) is 12.0 Å². The number of hydrogen-bond donors (Lipinski definition) is 1. The molecule has 0 aromatic carbocycles. The Balaban J connectivity index is 3.16. The molecule has 0 bridgehead atoms. The lowest BCUT2D eigenvalue weighted by Gasteiger charge is -2.10. The Morgan fingerprint density at radius 3 is 2.59 bits per heavy atom. The molecule has 0 spiro atoms. The van der Waals surface area contributed by atoms with Crippen LogP contribution in [0.15, 0.2) is 0 Å². The van der Waals surface area contributed by atoms with E-state index in [9.17, 15) is 10.1 Å². The SMILES string of the molecule is COc1nc(C)nc(NCC(C)C)c1[N+](=O)[O-]. The fourth-order valence-corrected chi connectivity index (χ4v) is 1.27. The molecule has 1 N–H and O–H groups in total. The maximum Gasteiger partial charge on any atom is 0.372 e. The number of aryl methyl sites for hydroxylation is 1. The molecule has 94 valence electrons. The molecule has 0 radical (unpaired) electrons. The van der Waals surface area contributed by atoms with E-state index in [1.807, 2.05) is 13.8 Å². The van der Waals surface area contributed by atoms with Gasteiger partial charge in [-0.15, -0.1) is 0 Å². The van der Waals surface area contributed by atoms with Gasteiger partial charge in [-0.3, -0.25) is 10.1 Å². The van der Waals surface area contributed by atoms with E-state index < -0.39 is 4.92 Å². The highest BCUT2D eigenvalue weighted by atomic mass is 16.6. The summed E-state index contributed by atoms with van der Waals surface area (Å²) in [5, 5.41) is 13.9. The average Bonchev–Trinajstić information content (AvgIpc) is 2.24. The molecule has 1 aromatic rings. The Hall–Kier alpha value is -1.92. The minimum absolute atomic E-state index is 0.0197. The molecule has 1 heterocycles. The van der Waals surface area contributed by atoms with Crippen molar-refractivity contribution in [3.63, 3.8) is 0 Å². The Morgan fingerprint density at radius 1 is 1.47 bits per heavy atom. The van der Waals surface area contributed by atoms with Crippen LogP contribution in [0.25, 0.3) is 0 Å². The van der Waals surface area contributed by atoms with Gasteiger partial charge in [0.2, 0.25) is 5.82 Å². The predicted octanol–water partition coefficient (Wildman–Crippen LogP) is 1.77. The third kappa shape index (κ3) is 3.27. The number of aromatic nitrogens is 2. The summed E-state index contributed by atoms with van der Waals surface area (Å²) in [6.07, 6.45) is 0. The molecule has 1 aromatic heterocycles. The zero-order chi connectivity index (χ0) is 13.0. The van der Waals surface area contributed by atoms with E-state index >= 15 is 0 Å². The molecule has 7 heteroatoms. The second kappa shape index (κ2) is 5.42. The molecule has 0 aliphatic carbocycles. The number of hydrogen-bond acceptors (Lipinski definition) is 6. The van der Waals surface area contributed by atoms with E-state index in [1.54, 1.807) is 6.92 Å². The van der Waals surface area contributed by atoms with Crippen LogP contribution in [0.4, 0.5) is 11.5 Å². The highest BCUT2D eigenvalue weighted by Crippen LogP contribution is 2.31. The van der Waals surface area contributed by atoms with Gasteiger partial charge >= 0.3 is 5.69 Å². The van der Waals surface area contributed by atoms with Crippen LogP contribution in [-0.2, 0) is 0 Å². The second-order valence-electron chi connectivity index (χ2n) is 4.01. The number of nitrogens with zero attached hydrogens (tertiary/aromatic N) is 3. The smallest absolute Gasteiger partial charge is 0.372 e. The van der Waals surface area contributed by atoms with Crippen molar-refractivity contribution in [1.29, 1.82) is 0 Å². The number of nitrogens with one attached hydrogen (secondary N) is 1. The second-order valence-corrected chi connectivity index (χ2v) is 4.01. The number of rotatable bonds is 5. The Morgan fingerprint density at radius 2 is 2.12 bits per heavy atom. The third-order valence-electron chi connectivity index (χ3n) is 2.02. The van der Waals surface area contributed by atoms with Gasteiger partial charge in [-0.25, -0.2) is 4.98 Å². The molecule has 0 saturated heterocycles. The lowest BCUT2D eigenvalue weighted by atomic mass is 10.2. The van der Waals surface area contributed by atoms with Crippen molar-refractivity contribution >= 4 is 11.5 Å². The zero-order valence-corrected chi connectivity index (χ0v) is 10.4. The van der Waals surface area contributed by atoms with Crippen molar-refractivity contribution in [3.05, 3.63) is 15.9 Å². The summed E-state index contributed by atoms with van der Waals surface area (Å²) in [5.41, 5.74) is -0.223. The molecular formula is C10H16N4O3. The van der Waals surface area contributed by atoms with Crippen LogP contribution in [0.5, 0.6) is 5.88 Å². The van der Waals surface area contributed by atoms with Gasteiger partial charge in [-0.05, 0) is 12.8 Å². The molecular weight excluding hydrogens is 224 g/mol. The topological polar surface area (TPSA) is 90.2 Å². The van der Waals surface area contributed by atoms with Gasteiger partial charge in [0, 0.05) is 6.54 Å². The minimum Gasteiger partial charge on any atom is -0.476 e. The van der Waals surface area contributed by atoms with Crippen LogP contribution in [0.2, 0.25) is 0 Å². The first-order chi connectivity index (χ1) is 7.95. The lowest BCUT2D eigenvalue weighted by Crippen LogP contribution is -2.13. The number of nitro groups is 1. The van der Waals surface area contributed by atoms with Gasteiger partial charge in [-0.2, -0.15) is 4.98 Å². The van der Waals surface area contributed by atoms with E-state index in [-0.39, 0.29) is 17.4 Å². The average molecular weight is 240 g/mol. The van der Waals surface area contributed by atoms with Crippen LogP contribution in [0.1, 0.15) is 19.7 Å². The maximum absolute atomic E-state index is 11.0. The van der Waals surface area contributed by atoms with Crippen molar-refractivity contribution < 1.29 is 9.66 Å². The van der Waals surface area contributed by atoms with E-state index in [0.717, 1.165) is 0 Å². The molecule has 0 amide bonds. The van der Waals surface area contributed by atoms with Crippen LogP contribution >= 0.6 is 0 Å². The quantitative estimate of drug-likeness (QED) is 0.623. The van der Waals surface area contributed by atoms with Crippen LogP contribution in [-0.4, -0.2) is 28.5 Å². The van der Waals surface area contributed by atoms with Crippen molar-refractivity contribution in [2.24, 2.45) is 5.92 Å². The van der Waals surface area contributed by atoms with Gasteiger partial charge in [0.15, 0.2) is 0 Å². The predicted molar refractivity (Wildman–Crippen MR) is 63.3 cm³/mol. The van der Waals surface area contributed by atoms with Crippen LogP contribution in [0, 0.1) is 23.0 Å². The van der Waals surface area contributed by atoms with Crippen molar-refractivity contribution in [3.8, 4) is 5.88 Å². The van der Waals surface area contributed by atoms with E-state index in [0.29, 0.717) is 18.3 Å². The Labute approximate surface area is 99.4 Å². The number of methoxy groups -OCH3 is 1. The summed E-state index contributed by atoms with van der Waals surface area (Å²) in [4.78, 5) is 18.3. The monoisotopic (exact) mass is 240 g/mol. The highest BCUT2D eigenvalue weighted by Gasteiger charge is 2.24. The van der Waals surface area contributed by atoms with Gasteiger partial charge < -0.3 is 10.1 Å². The summed E-state index contributed by atoms with van der Waals surface area (Å²) in [6.45, 7) is 6.27. The minimum atomic E-state index is -0.541. The number of ether oxygens (including phenoxy) is 1. The van der Waals surface area contributed by atoms with Crippen molar-refractivity contribution in [2.75, 3.05) is 19.0 Å². The molecule has 0 saturated carbocycles. The molecule has 0 aliphatic heterocycles. The normalized spacial score (nSPS) is 10.4. The molecule has 1 rings (SSSR count). The molecule has 0 atom stereocenters. The van der Waals surface area contributed by atoms with Crippen molar-refractivity contribution in [1.82, 2.24) is 9.97 Å². The summed E-state index contributed by atoms with van der Waals surface area (Å²) < 4.78 is 4.90. The molecule has 0 unspecified atom stereocenters. The van der Waals surface area contributed by atoms with E-state index in [2.05, 4.69) is 15.3 Å². The number of anilines is 1. The summed E-state index contributed by atoms with van der Waals surface area (Å²) in [5.74, 6) is 0.969. The van der Waals surface area contributed by atoms with Crippen LogP contribution in [0.3, 0.4) is 0 Å². The Bertz CT molecular complexity index is 420.